The van der Waals surface area contributed by atoms with E-state index >= 15 is 0 Å². The SMILES string of the molecule is O=[N+]([O-])c1cc(F)c(Cl)cc1-n1cc(I)cn1. The number of nitro benzene ring substituents is 1. The quantitative estimate of drug-likeness (QED) is 0.465. The molecule has 0 aliphatic heterocycles. The lowest BCUT2D eigenvalue weighted by Gasteiger charge is -2.04. The van der Waals surface area contributed by atoms with Crippen molar-refractivity contribution in [3.05, 3.63) is 49.1 Å². The Hall–Kier alpha value is -1.22. The summed E-state index contributed by atoms with van der Waals surface area (Å²) in [5.74, 6) is -0.830. The van der Waals surface area contributed by atoms with Gasteiger partial charge in [0.1, 0.15) is 11.5 Å². The number of hydrogen-bond donors (Lipinski definition) is 0. The minimum absolute atomic E-state index is 0.129. The molecule has 0 atom stereocenters. The lowest BCUT2D eigenvalue weighted by Crippen LogP contribution is -2.01. The number of halogens is 3. The minimum atomic E-state index is -0.830. The summed E-state index contributed by atoms with van der Waals surface area (Å²) >= 11 is 7.62. The minimum Gasteiger partial charge on any atom is -0.258 e. The van der Waals surface area contributed by atoms with Gasteiger partial charge in [0.05, 0.1) is 25.8 Å². The van der Waals surface area contributed by atoms with Crippen LogP contribution in [0, 0.1) is 19.5 Å². The van der Waals surface area contributed by atoms with Gasteiger partial charge in [0, 0.05) is 6.20 Å². The first-order valence-corrected chi connectivity index (χ1v) is 5.78. The van der Waals surface area contributed by atoms with Gasteiger partial charge in [0.25, 0.3) is 5.69 Å². The van der Waals surface area contributed by atoms with Crippen LogP contribution in [0.5, 0.6) is 0 Å². The van der Waals surface area contributed by atoms with Crippen molar-refractivity contribution in [1.82, 2.24) is 9.78 Å². The Kier molecular flexibility index (Phi) is 3.29. The number of nitro groups is 1. The molecule has 0 aliphatic rings. The molecule has 2 rings (SSSR count). The van der Waals surface area contributed by atoms with E-state index < -0.39 is 10.7 Å². The second-order valence-electron chi connectivity index (χ2n) is 3.12. The zero-order chi connectivity index (χ0) is 12.6. The van der Waals surface area contributed by atoms with Crippen molar-refractivity contribution >= 4 is 39.9 Å². The first-order chi connectivity index (χ1) is 7.99. The van der Waals surface area contributed by atoms with E-state index in [1.807, 2.05) is 22.6 Å². The maximum absolute atomic E-state index is 13.2. The monoisotopic (exact) mass is 367 g/mol. The molecule has 0 aliphatic carbocycles. The van der Waals surface area contributed by atoms with Gasteiger partial charge in [0.15, 0.2) is 0 Å². The molecule has 0 amide bonds. The number of aromatic nitrogens is 2. The average Bonchev–Trinajstić information content (AvgIpc) is 2.68. The van der Waals surface area contributed by atoms with Crippen LogP contribution in [0.25, 0.3) is 5.69 Å². The molecule has 5 nitrogen and oxygen atoms in total. The van der Waals surface area contributed by atoms with Crippen LogP contribution in [-0.2, 0) is 0 Å². The molecule has 0 saturated heterocycles. The Balaban J connectivity index is 2.67. The Labute approximate surface area is 113 Å². The van der Waals surface area contributed by atoms with Crippen LogP contribution < -0.4 is 0 Å². The fourth-order valence-electron chi connectivity index (χ4n) is 1.29. The molecule has 0 bridgehead atoms. The summed E-state index contributed by atoms with van der Waals surface area (Å²) < 4.78 is 15.3. The first kappa shape index (κ1) is 12.2. The normalized spacial score (nSPS) is 10.5. The van der Waals surface area contributed by atoms with E-state index in [1.54, 1.807) is 6.20 Å². The molecule has 0 spiro atoms. The zero-order valence-electron chi connectivity index (χ0n) is 8.10. The molecule has 8 heteroatoms. The highest BCUT2D eigenvalue weighted by atomic mass is 127. The third-order valence-electron chi connectivity index (χ3n) is 2.01. The molecule has 88 valence electrons. The zero-order valence-corrected chi connectivity index (χ0v) is 11.0. The average molecular weight is 368 g/mol. The highest BCUT2D eigenvalue weighted by Gasteiger charge is 2.19. The van der Waals surface area contributed by atoms with Crippen LogP contribution in [0.3, 0.4) is 0 Å². The summed E-state index contributed by atoms with van der Waals surface area (Å²) in [5, 5.41) is 14.6. The van der Waals surface area contributed by atoms with Gasteiger partial charge < -0.3 is 0 Å². The second kappa shape index (κ2) is 4.57. The second-order valence-corrected chi connectivity index (χ2v) is 4.77. The molecular formula is C9H4ClFIN3O2. The molecule has 0 unspecified atom stereocenters. The van der Waals surface area contributed by atoms with Crippen molar-refractivity contribution in [3.63, 3.8) is 0 Å². The predicted molar refractivity (Wildman–Crippen MR) is 67.9 cm³/mol. The van der Waals surface area contributed by atoms with E-state index in [1.165, 1.54) is 16.9 Å². The third-order valence-corrected chi connectivity index (χ3v) is 2.86. The molecule has 0 radical (unpaired) electrons. The Morgan fingerprint density at radius 3 is 2.76 bits per heavy atom. The molecule has 2 aromatic rings. The summed E-state index contributed by atoms with van der Waals surface area (Å²) in [5.41, 5.74) is -0.254. The number of nitrogens with zero attached hydrogens (tertiary/aromatic N) is 3. The van der Waals surface area contributed by atoms with Gasteiger partial charge in [-0.3, -0.25) is 10.1 Å². The van der Waals surface area contributed by atoms with E-state index in [9.17, 15) is 14.5 Å². The van der Waals surface area contributed by atoms with Gasteiger partial charge in [-0.25, -0.2) is 9.07 Å². The largest absolute Gasteiger partial charge is 0.297 e. The maximum atomic E-state index is 13.2. The van der Waals surface area contributed by atoms with Crippen molar-refractivity contribution < 1.29 is 9.31 Å². The predicted octanol–water partition coefficient (Wildman–Crippen LogP) is 3.18. The summed E-state index contributed by atoms with van der Waals surface area (Å²) in [4.78, 5) is 10.1. The van der Waals surface area contributed by atoms with Crippen LogP contribution in [0.2, 0.25) is 5.02 Å². The Morgan fingerprint density at radius 2 is 2.24 bits per heavy atom. The van der Waals surface area contributed by atoms with Gasteiger partial charge in [0.2, 0.25) is 0 Å². The lowest BCUT2D eigenvalue weighted by molar-refractivity contribution is -0.384. The summed E-state index contributed by atoms with van der Waals surface area (Å²) in [6.07, 6.45) is 3.11. The van der Waals surface area contributed by atoms with E-state index in [2.05, 4.69) is 5.10 Å². The molecule has 0 fully saturated rings. The van der Waals surface area contributed by atoms with E-state index in [4.69, 9.17) is 11.6 Å². The molecule has 0 N–H and O–H groups in total. The first-order valence-electron chi connectivity index (χ1n) is 4.33. The lowest BCUT2D eigenvalue weighted by atomic mass is 10.2. The van der Waals surface area contributed by atoms with Gasteiger partial charge in [-0.2, -0.15) is 5.10 Å². The van der Waals surface area contributed by atoms with Gasteiger partial charge in [-0.1, -0.05) is 11.6 Å². The number of rotatable bonds is 2. The Morgan fingerprint density at radius 1 is 1.53 bits per heavy atom. The van der Waals surface area contributed by atoms with Crippen LogP contribution in [0.1, 0.15) is 0 Å². The van der Waals surface area contributed by atoms with Crippen LogP contribution in [0.4, 0.5) is 10.1 Å². The molecule has 1 heterocycles. The van der Waals surface area contributed by atoms with Crippen molar-refractivity contribution in [1.29, 1.82) is 0 Å². The van der Waals surface area contributed by atoms with Crippen molar-refractivity contribution in [3.8, 4) is 5.69 Å². The third kappa shape index (κ3) is 2.39. The fourth-order valence-corrected chi connectivity index (χ4v) is 1.83. The van der Waals surface area contributed by atoms with E-state index in [0.29, 0.717) is 0 Å². The van der Waals surface area contributed by atoms with Crippen LogP contribution >= 0.6 is 34.2 Å². The van der Waals surface area contributed by atoms with Crippen LogP contribution in [0.15, 0.2) is 24.5 Å². The maximum Gasteiger partial charge on any atom is 0.297 e. The molecular weight excluding hydrogens is 363 g/mol. The van der Waals surface area contributed by atoms with Gasteiger partial charge in [-0.15, -0.1) is 0 Å². The summed E-state index contributed by atoms with van der Waals surface area (Å²) in [7, 11) is 0. The van der Waals surface area contributed by atoms with Crippen molar-refractivity contribution in [2.24, 2.45) is 0 Å². The van der Waals surface area contributed by atoms with E-state index in [-0.39, 0.29) is 16.4 Å². The Bertz CT molecular complexity index is 602. The van der Waals surface area contributed by atoms with Crippen molar-refractivity contribution in [2.75, 3.05) is 0 Å². The number of hydrogen-bond acceptors (Lipinski definition) is 3. The molecule has 17 heavy (non-hydrogen) atoms. The summed E-state index contributed by atoms with van der Waals surface area (Å²) in [6.45, 7) is 0. The standard InChI is InChI=1S/C9H4ClFIN3O2/c10-6-1-8(14-4-5(12)3-13-14)9(15(16)17)2-7(6)11/h1-4H. The fraction of sp³-hybridized carbons (Fsp3) is 0. The van der Waals surface area contributed by atoms with Crippen LogP contribution in [-0.4, -0.2) is 14.7 Å². The highest BCUT2D eigenvalue weighted by Crippen LogP contribution is 2.28. The van der Waals surface area contributed by atoms with E-state index in [0.717, 1.165) is 9.64 Å². The molecule has 1 aromatic carbocycles. The molecule has 1 aromatic heterocycles. The smallest absolute Gasteiger partial charge is 0.258 e. The van der Waals surface area contributed by atoms with Gasteiger partial charge >= 0.3 is 0 Å². The van der Waals surface area contributed by atoms with Crippen molar-refractivity contribution in [2.45, 2.75) is 0 Å². The van der Waals surface area contributed by atoms with Gasteiger partial charge in [-0.05, 0) is 28.7 Å². The summed E-state index contributed by atoms with van der Waals surface area (Å²) in [6, 6.07) is 1.96. The molecule has 0 saturated carbocycles. The topological polar surface area (TPSA) is 61.0 Å². The number of benzene rings is 1. The highest BCUT2D eigenvalue weighted by molar-refractivity contribution is 14.1.